The van der Waals surface area contributed by atoms with Gasteiger partial charge >= 0.3 is 0 Å². The minimum atomic E-state index is -0.0248. The maximum Gasteiger partial charge on any atom is 0.223 e. The third-order valence-corrected chi connectivity index (χ3v) is 2.41. The van der Waals surface area contributed by atoms with Crippen molar-refractivity contribution in [3.63, 3.8) is 0 Å². The van der Waals surface area contributed by atoms with Gasteiger partial charge in [0.05, 0.1) is 12.2 Å². The molecule has 84 valence electrons. The lowest BCUT2D eigenvalue weighted by molar-refractivity contribution is -0.124. The van der Waals surface area contributed by atoms with Crippen molar-refractivity contribution in [1.82, 2.24) is 15.1 Å². The number of aryl methyl sites for hydroxylation is 1. The van der Waals surface area contributed by atoms with E-state index in [9.17, 15) is 4.79 Å². The van der Waals surface area contributed by atoms with Crippen LogP contribution in [0.1, 0.15) is 19.0 Å². The average Bonchev–Trinajstić information content (AvgIpc) is 2.61. The minimum absolute atomic E-state index is 0.0248. The Morgan fingerprint density at radius 1 is 1.73 bits per heavy atom. The van der Waals surface area contributed by atoms with E-state index in [1.54, 1.807) is 10.9 Å². The molecule has 0 spiro atoms. The highest BCUT2D eigenvalue weighted by Crippen LogP contribution is 2.01. The van der Waals surface area contributed by atoms with Crippen molar-refractivity contribution in [3.8, 4) is 0 Å². The fraction of sp³-hybridized carbons (Fsp3) is 0.600. The predicted octanol–water partition coefficient (Wildman–Crippen LogP) is 0.0212. The molecule has 0 aromatic carbocycles. The van der Waals surface area contributed by atoms with Gasteiger partial charge in [0, 0.05) is 19.2 Å². The predicted molar refractivity (Wildman–Crippen MR) is 57.9 cm³/mol. The van der Waals surface area contributed by atoms with E-state index in [0.29, 0.717) is 13.1 Å². The van der Waals surface area contributed by atoms with Crippen LogP contribution in [0, 0.1) is 5.92 Å². The topological polar surface area (TPSA) is 72.9 Å². The summed E-state index contributed by atoms with van der Waals surface area (Å²) in [5.74, 6) is 0.0184. The smallest absolute Gasteiger partial charge is 0.223 e. The molecule has 0 saturated carbocycles. The zero-order chi connectivity index (χ0) is 11.3. The molecule has 1 amide bonds. The number of hydrogen-bond acceptors (Lipinski definition) is 3. The molecule has 1 rings (SSSR count). The first-order chi connectivity index (χ1) is 7.15. The molecule has 5 heteroatoms. The third-order valence-electron chi connectivity index (χ3n) is 2.41. The van der Waals surface area contributed by atoms with Gasteiger partial charge in [-0.3, -0.25) is 9.48 Å². The number of nitrogens with two attached hydrogens (primary N) is 1. The molecule has 1 unspecified atom stereocenters. The van der Waals surface area contributed by atoms with E-state index in [-0.39, 0.29) is 11.8 Å². The van der Waals surface area contributed by atoms with Crippen molar-refractivity contribution in [2.75, 3.05) is 6.54 Å². The van der Waals surface area contributed by atoms with Crippen LogP contribution in [-0.2, 0) is 18.4 Å². The maximum atomic E-state index is 11.5. The number of nitrogens with one attached hydrogen (secondary N) is 1. The summed E-state index contributed by atoms with van der Waals surface area (Å²) in [4.78, 5) is 11.5. The van der Waals surface area contributed by atoms with Crippen LogP contribution in [-0.4, -0.2) is 22.2 Å². The Balaban J connectivity index is 2.37. The fourth-order valence-electron chi connectivity index (χ4n) is 1.31. The van der Waals surface area contributed by atoms with Crippen LogP contribution in [0.15, 0.2) is 12.3 Å². The first-order valence-corrected chi connectivity index (χ1v) is 5.09. The number of carbonyl (C=O) groups is 1. The van der Waals surface area contributed by atoms with Crippen LogP contribution in [0.3, 0.4) is 0 Å². The molecule has 15 heavy (non-hydrogen) atoms. The Kier molecular flexibility index (Phi) is 4.30. The van der Waals surface area contributed by atoms with Gasteiger partial charge in [0.2, 0.25) is 5.91 Å². The van der Waals surface area contributed by atoms with Gasteiger partial charge in [0.15, 0.2) is 0 Å². The molecule has 0 saturated heterocycles. The summed E-state index contributed by atoms with van der Waals surface area (Å²) in [6.45, 7) is 2.94. The second-order valence-electron chi connectivity index (χ2n) is 3.64. The Bertz CT molecular complexity index is 321. The van der Waals surface area contributed by atoms with Crippen LogP contribution in [0.5, 0.6) is 0 Å². The summed E-state index contributed by atoms with van der Waals surface area (Å²) in [7, 11) is 1.85. The largest absolute Gasteiger partial charge is 0.350 e. The van der Waals surface area contributed by atoms with Crippen molar-refractivity contribution in [1.29, 1.82) is 0 Å². The molecule has 0 aliphatic rings. The summed E-state index contributed by atoms with van der Waals surface area (Å²) in [6, 6.07) is 1.88. The van der Waals surface area contributed by atoms with Gasteiger partial charge in [0.1, 0.15) is 0 Å². The molecule has 0 bridgehead atoms. The van der Waals surface area contributed by atoms with Gasteiger partial charge < -0.3 is 11.1 Å². The minimum Gasteiger partial charge on any atom is -0.350 e. The SMILES string of the molecule is CC(CCN)C(=O)NCc1ccnn1C. The lowest BCUT2D eigenvalue weighted by atomic mass is 10.1. The zero-order valence-corrected chi connectivity index (χ0v) is 9.23. The van der Waals surface area contributed by atoms with Crippen LogP contribution in [0.2, 0.25) is 0 Å². The first-order valence-electron chi connectivity index (χ1n) is 5.09. The van der Waals surface area contributed by atoms with Crippen molar-refractivity contribution in [2.45, 2.75) is 19.9 Å². The molecule has 3 N–H and O–H groups in total. The standard InChI is InChI=1S/C10H18N4O/c1-8(3-5-11)10(15)12-7-9-4-6-13-14(9)2/h4,6,8H,3,5,7,11H2,1-2H3,(H,12,15). The third kappa shape index (κ3) is 3.36. The Morgan fingerprint density at radius 2 is 2.47 bits per heavy atom. The van der Waals surface area contributed by atoms with Crippen molar-refractivity contribution < 1.29 is 4.79 Å². The van der Waals surface area contributed by atoms with Crippen molar-refractivity contribution in [2.24, 2.45) is 18.7 Å². The van der Waals surface area contributed by atoms with Gasteiger partial charge in [-0.05, 0) is 19.0 Å². The Hall–Kier alpha value is -1.36. The molecule has 0 aliphatic carbocycles. The fourth-order valence-corrected chi connectivity index (χ4v) is 1.31. The van der Waals surface area contributed by atoms with Gasteiger partial charge in [-0.25, -0.2) is 0 Å². The molecule has 0 radical (unpaired) electrons. The quantitative estimate of drug-likeness (QED) is 0.719. The van der Waals surface area contributed by atoms with E-state index >= 15 is 0 Å². The van der Waals surface area contributed by atoms with E-state index < -0.39 is 0 Å². The number of carbonyl (C=O) groups excluding carboxylic acids is 1. The summed E-state index contributed by atoms with van der Waals surface area (Å²) in [6.07, 6.45) is 2.43. The molecule has 0 fully saturated rings. The van der Waals surface area contributed by atoms with Crippen LogP contribution < -0.4 is 11.1 Å². The molecular weight excluding hydrogens is 192 g/mol. The number of aromatic nitrogens is 2. The van der Waals surface area contributed by atoms with Gasteiger partial charge in [0.25, 0.3) is 0 Å². The second kappa shape index (κ2) is 5.50. The highest BCUT2D eigenvalue weighted by atomic mass is 16.1. The van der Waals surface area contributed by atoms with Crippen molar-refractivity contribution >= 4 is 5.91 Å². The number of nitrogens with zero attached hydrogens (tertiary/aromatic N) is 2. The van der Waals surface area contributed by atoms with Crippen LogP contribution in [0.25, 0.3) is 0 Å². The van der Waals surface area contributed by atoms with Crippen LogP contribution in [0.4, 0.5) is 0 Å². The molecule has 1 aromatic rings. The molecule has 5 nitrogen and oxygen atoms in total. The van der Waals surface area contributed by atoms with E-state index in [0.717, 1.165) is 12.1 Å². The zero-order valence-electron chi connectivity index (χ0n) is 9.23. The van der Waals surface area contributed by atoms with E-state index in [1.165, 1.54) is 0 Å². The van der Waals surface area contributed by atoms with Gasteiger partial charge in [-0.2, -0.15) is 5.10 Å². The highest BCUT2D eigenvalue weighted by molar-refractivity contribution is 5.78. The van der Waals surface area contributed by atoms with E-state index in [1.807, 2.05) is 20.0 Å². The molecule has 0 aliphatic heterocycles. The highest BCUT2D eigenvalue weighted by Gasteiger charge is 2.11. The van der Waals surface area contributed by atoms with Gasteiger partial charge in [-0.1, -0.05) is 6.92 Å². The van der Waals surface area contributed by atoms with E-state index in [2.05, 4.69) is 10.4 Å². The first kappa shape index (κ1) is 11.7. The average molecular weight is 210 g/mol. The van der Waals surface area contributed by atoms with Crippen molar-refractivity contribution in [3.05, 3.63) is 18.0 Å². The Morgan fingerprint density at radius 3 is 3.00 bits per heavy atom. The lowest BCUT2D eigenvalue weighted by Gasteiger charge is -2.10. The summed E-state index contributed by atoms with van der Waals surface area (Å²) in [5, 5.41) is 6.88. The molecule has 1 heterocycles. The number of hydrogen-bond donors (Lipinski definition) is 2. The molecule has 1 atom stereocenters. The summed E-state index contributed by atoms with van der Waals surface area (Å²) >= 11 is 0. The van der Waals surface area contributed by atoms with Crippen LogP contribution >= 0.6 is 0 Å². The van der Waals surface area contributed by atoms with E-state index in [4.69, 9.17) is 5.73 Å². The molecule has 1 aromatic heterocycles. The molecular formula is C10H18N4O. The summed E-state index contributed by atoms with van der Waals surface area (Å²) in [5.41, 5.74) is 6.38. The Labute approximate surface area is 89.6 Å². The number of rotatable bonds is 5. The maximum absolute atomic E-state index is 11.5. The lowest BCUT2D eigenvalue weighted by Crippen LogP contribution is -2.30. The number of amides is 1. The second-order valence-corrected chi connectivity index (χ2v) is 3.64. The van der Waals surface area contributed by atoms with Gasteiger partial charge in [-0.15, -0.1) is 0 Å². The monoisotopic (exact) mass is 210 g/mol. The summed E-state index contributed by atoms with van der Waals surface area (Å²) < 4.78 is 1.74. The normalized spacial score (nSPS) is 12.5.